The topological polar surface area (TPSA) is 35.0 Å². The van der Waals surface area contributed by atoms with Crippen LogP contribution in [0.3, 0.4) is 0 Å². The number of rotatable bonds is 1. The minimum Gasteiger partial charge on any atom is -0.494 e. The van der Waals surface area contributed by atoms with Gasteiger partial charge >= 0.3 is 0 Å². The van der Waals surface area contributed by atoms with Crippen LogP contribution in [0.4, 0.5) is 0 Å². The highest BCUT2D eigenvalue weighted by atomic mass is 127. The van der Waals surface area contributed by atoms with Crippen molar-refractivity contribution in [2.45, 2.75) is 0 Å². The molecule has 5 heteroatoms. The van der Waals surface area contributed by atoms with Crippen LogP contribution in [0, 0.1) is 3.57 Å². The van der Waals surface area contributed by atoms with Crippen molar-refractivity contribution in [1.82, 2.24) is 9.97 Å². The minimum absolute atomic E-state index is 0.596. The first kappa shape index (κ1) is 11.9. The van der Waals surface area contributed by atoms with Crippen molar-refractivity contribution in [1.29, 1.82) is 0 Å². The van der Waals surface area contributed by atoms with E-state index in [1.165, 1.54) is 0 Å². The standard InChI is InChI=1S/C13H8ClIN2O/c1-18-12-5-7(14)4-11-13(12)17-10-6-8(15)2-3-9(10)16-11/h2-6H,1H3. The molecule has 3 nitrogen and oxygen atoms in total. The van der Waals surface area contributed by atoms with E-state index in [1.807, 2.05) is 18.2 Å². The normalized spacial score (nSPS) is 11.1. The first-order chi connectivity index (χ1) is 8.67. The molecule has 0 saturated carbocycles. The lowest BCUT2D eigenvalue weighted by molar-refractivity contribution is 0.419. The number of nitrogens with zero attached hydrogens (tertiary/aromatic N) is 2. The van der Waals surface area contributed by atoms with Gasteiger partial charge in [0.1, 0.15) is 11.3 Å². The average Bonchev–Trinajstić information content (AvgIpc) is 2.35. The maximum absolute atomic E-state index is 6.03. The highest BCUT2D eigenvalue weighted by Crippen LogP contribution is 2.29. The fourth-order valence-electron chi connectivity index (χ4n) is 1.84. The number of hydrogen-bond acceptors (Lipinski definition) is 3. The Labute approximate surface area is 122 Å². The summed E-state index contributed by atoms with van der Waals surface area (Å²) in [6.45, 7) is 0. The number of benzene rings is 2. The van der Waals surface area contributed by atoms with Crippen molar-refractivity contribution in [2.75, 3.05) is 7.11 Å². The lowest BCUT2D eigenvalue weighted by atomic mass is 10.2. The molecule has 0 aliphatic carbocycles. The van der Waals surface area contributed by atoms with Crippen molar-refractivity contribution < 1.29 is 4.74 Å². The third-order valence-electron chi connectivity index (χ3n) is 2.65. The molecule has 0 amide bonds. The highest BCUT2D eigenvalue weighted by Gasteiger charge is 2.08. The van der Waals surface area contributed by atoms with E-state index in [1.54, 1.807) is 19.2 Å². The van der Waals surface area contributed by atoms with Gasteiger partial charge in [-0.3, -0.25) is 0 Å². The molecule has 1 aromatic heterocycles. The van der Waals surface area contributed by atoms with Gasteiger partial charge in [0.25, 0.3) is 0 Å². The van der Waals surface area contributed by atoms with Gasteiger partial charge < -0.3 is 4.74 Å². The summed E-state index contributed by atoms with van der Waals surface area (Å²) < 4.78 is 6.43. The molecule has 0 atom stereocenters. The fraction of sp³-hybridized carbons (Fsp3) is 0.0769. The first-order valence-electron chi connectivity index (χ1n) is 5.28. The Morgan fingerprint density at radius 3 is 2.67 bits per heavy atom. The van der Waals surface area contributed by atoms with E-state index in [0.29, 0.717) is 10.8 Å². The van der Waals surface area contributed by atoms with E-state index in [2.05, 4.69) is 32.6 Å². The largest absolute Gasteiger partial charge is 0.494 e. The number of halogens is 2. The average molecular weight is 371 g/mol. The molecule has 0 bridgehead atoms. The molecular weight excluding hydrogens is 363 g/mol. The molecule has 0 N–H and O–H groups in total. The van der Waals surface area contributed by atoms with Crippen molar-refractivity contribution in [3.8, 4) is 5.75 Å². The summed E-state index contributed by atoms with van der Waals surface area (Å²) in [7, 11) is 1.60. The van der Waals surface area contributed by atoms with Gasteiger partial charge in [-0.15, -0.1) is 0 Å². The molecule has 3 rings (SSSR count). The molecule has 0 aliphatic rings. The van der Waals surface area contributed by atoms with Crippen molar-refractivity contribution in [2.24, 2.45) is 0 Å². The molecular formula is C13H8ClIN2O. The van der Waals surface area contributed by atoms with Gasteiger partial charge in [-0.2, -0.15) is 0 Å². The number of aromatic nitrogens is 2. The molecule has 0 fully saturated rings. The van der Waals surface area contributed by atoms with E-state index in [4.69, 9.17) is 16.3 Å². The molecule has 3 aromatic rings. The van der Waals surface area contributed by atoms with Crippen LogP contribution in [0.1, 0.15) is 0 Å². The molecule has 0 aliphatic heterocycles. The third-order valence-corrected chi connectivity index (χ3v) is 3.54. The molecule has 0 saturated heterocycles. The zero-order valence-electron chi connectivity index (χ0n) is 9.45. The number of ether oxygens (including phenoxy) is 1. The Morgan fingerprint density at radius 1 is 1.06 bits per heavy atom. The van der Waals surface area contributed by atoms with Crippen LogP contribution in [-0.2, 0) is 0 Å². The maximum atomic E-state index is 6.03. The van der Waals surface area contributed by atoms with Crippen LogP contribution in [0.15, 0.2) is 30.3 Å². The smallest absolute Gasteiger partial charge is 0.148 e. The predicted octanol–water partition coefficient (Wildman–Crippen LogP) is 4.05. The molecule has 90 valence electrons. The summed E-state index contributed by atoms with van der Waals surface area (Å²) >= 11 is 8.28. The quantitative estimate of drug-likeness (QED) is 0.479. The van der Waals surface area contributed by atoms with E-state index in [0.717, 1.165) is 25.6 Å². The van der Waals surface area contributed by atoms with E-state index in [-0.39, 0.29) is 0 Å². The molecule has 18 heavy (non-hydrogen) atoms. The SMILES string of the molecule is COc1cc(Cl)cc2nc3ccc(I)cc3nc12. The zero-order chi connectivity index (χ0) is 12.7. The van der Waals surface area contributed by atoms with Gasteiger partial charge in [0.05, 0.1) is 23.7 Å². The fourth-order valence-corrected chi connectivity index (χ4v) is 2.52. The van der Waals surface area contributed by atoms with Gasteiger partial charge in [0.15, 0.2) is 0 Å². The molecule has 0 radical (unpaired) electrons. The first-order valence-corrected chi connectivity index (χ1v) is 6.73. The zero-order valence-corrected chi connectivity index (χ0v) is 12.4. The van der Waals surface area contributed by atoms with Crippen LogP contribution < -0.4 is 4.74 Å². The van der Waals surface area contributed by atoms with Gasteiger partial charge in [0, 0.05) is 14.7 Å². The summed E-state index contributed by atoms with van der Waals surface area (Å²) in [5.41, 5.74) is 3.19. The Hall–Kier alpha value is -1.14. The summed E-state index contributed by atoms with van der Waals surface area (Å²) in [6, 6.07) is 9.50. The number of methoxy groups -OCH3 is 1. The summed E-state index contributed by atoms with van der Waals surface area (Å²) in [4.78, 5) is 9.16. The van der Waals surface area contributed by atoms with Crippen LogP contribution in [0.5, 0.6) is 5.75 Å². The Kier molecular flexibility index (Phi) is 2.99. The van der Waals surface area contributed by atoms with Gasteiger partial charge in [-0.25, -0.2) is 9.97 Å². The predicted molar refractivity (Wildman–Crippen MR) is 81.3 cm³/mol. The number of fused-ring (bicyclic) bond motifs is 2. The van der Waals surface area contributed by atoms with Gasteiger partial charge in [-0.05, 0) is 46.9 Å². The van der Waals surface area contributed by atoms with Crippen LogP contribution in [0.2, 0.25) is 5.02 Å². The summed E-state index contributed by atoms with van der Waals surface area (Å²) in [5.74, 6) is 0.644. The lowest BCUT2D eigenvalue weighted by Crippen LogP contribution is -1.92. The van der Waals surface area contributed by atoms with Crippen LogP contribution in [-0.4, -0.2) is 17.1 Å². The van der Waals surface area contributed by atoms with Gasteiger partial charge in [-0.1, -0.05) is 11.6 Å². The second-order valence-electron chi connectivity index (χ2n) is 3.83. The van der Waals surface area contributed by atoms with E-state index >= 15 is 0 Å². The highest BCUT2D eigenvalue weighted by molar-refractivity contribution is 14.1. The summed E-state index contributed by atoms with van der Waals surface area (Å²) in [6.07, 6.45) is 0. The molecule has 0 unspecified atom stereocenters. The van der Waals surface area contributed by atoms with E-state index in [9.17, 15) is 0 Å². The number of hydrogen-bond donors (Lipinski definition) is 0. The van der Waals surface area contributed by atoms with Crippen molar-refractivity contribution in [3.05, 3.63) is 38.9 Å². The van der Waals surface area contributed by atoms with Crippen molar-refractivity contribution in [3.63, 3.8) is 0 Å². The summed E-state index contributed by atoms with van der Waals surface area (Å²) in [5, 5.41) is 0.596. The molecule has 2 aromatic carbocycles. The third kappa shape index (κ3) is 1.99. The molecule has 1 heterocycles. The monoisotopic (exact) mass is 370 g/mol. The minimum atomic E-state index is 0.596. The lowest BCUT2D eigenvalue weighted by Gasteiger charge is -2.06. The Morgan fingerprint density at radius 2 is 1.89 bits per heavy atom. The van der Waals surface area contributed by atoms with Crippen LogP contribution in [0.25, 0.3) is 22.1 Å². The molecule has 0 spiro atoms. The van der Waals surface area contributed by atoms with Crippen molar-refractivity contribution >= 4 is 56.3 Å². The van der Waals surface area contributed by atoms with Gasteiger partial charge in [0.2, 0.25) is 0 Å². The van der Waals surface area contributed by atoms with Crippen LogP contribution >= 0.6 is 34.2 Å². The second kappa shape index (κ2) is 4.51. The maximum Gasteiger partial charge on any atom is 0.148 e. The Bertz CT molecular complexity index is 761. The van der Waals surface area contributed by atoms with E-state index < -0.39 is 0 Å². The Balaban J connectivity index is 2.44. The second-order valence-corrected chi connectivity index (χ2v) is 5.51.